The molecular formula is C19H16ClFN6O2. The fourth-order valence-corrected chi connectivity index (χ4v) is 3.24. The van der Waals surface area contributed by atoms with Gasteiger partial charge in [-0.2, -0.15) is 5.10 Å². The number of rotatable bonds is 4. The van der Waals surface area contributed by atoms with Gasteiger partial charge in [-0.3, -0.25) is 9.48 Å². The van der Waals surface area contributed by atoms with Crippen LogP contribution in [0.1, 0.15) is 6.92 Å². The highest BCUT2D eigenvalue weighted by Crippen LogP contribution is 2.31. The van der Waals surface area contributed by atoms with Gasteiger partial charge in [0.25, 0.3) is 5.56 Å². The molecule has 3 N–H and O–H groups in total. The first-order valence-electron chi connectivity index (χ1n) is 8.70. The molecule has 0 amide bonds. The van der Waals surface area contributed by atoms with Crippen LogP contribution in [0.3, 0.4) is 0 Å². The summed E-state index contributed by atoms with van der Waals surface area (Å²) in [5, 5.41) is 4.21. The van der Waals surface area contributed by atoms with Crippen molar-refractivity contribution < 1.29 is 9.13 Å². The molecule has 148 valence electrons. The number of hydrogen-bond donors (Lipinski definition) is 2. The van der Waals surface area contributed by atoms with Crippen molar-refractivity contribution in [2.45, 2.75) is 6.92 Å². The van der Waals surface area contributed by atoms with E-state index in [1.165, 1.54) is 23.0 Å². The number of pyridine rings is 1. The van der Waals surface area contributed by atoms with Crippen molar-refractivity contribution in [3.05, 3.63) is 51.7 Å². The number of nitrogens with zero attached hydrogens (tertiary/aromatic N) is 4. The van der Waals surface area contributed by atoms with Gasteiger partial charge in [0.1, 0.15) is 17.2 Å². The van der Waals surface area contributed by atoms with E-state index in [2.05, 4.69) is 20.1 Å². The van der Waals surface area contributed by atoms with Crippen LogP contribution in [0.4, 0.5) is 10.1 Å². The molecule has 0 saturated carbocycles. The first-order valence-corrected chi connectivity index (χ1v) is 9.08. The second-order valence-corrected chi connectivity index (χ2v) is 6.67. The summed E-state index contributed by atoms with van der Waals surface area (Å²) >= 11 is 5.93. The Bertz CT molecular complexity index is 1300. The van der Waals surface area contributed by atoms with Gasteiger partial charge in [0, 0.05) is 12.6 Å². The molecule has 0 spiro atoms. The van der Waals surface area contributed by atoms with E-state index in [9.17, 15) is 9.18 Å². The van der Waals surface area contributed by atoms with Gasteiger partial charge in [-0.15, -0.1) is 0 Å². The number of nitrogens with two attached hydrogens (primary N) is 1. The number of anilines is 1. The molecule has 0 saturated heterocycles. The number of aromatic nitrogens is 5. The van der Waals surface area contributed by atoms with Crippen LogP contribution < -0.4 is 16.0 Å². The van der Waals surface area contributed by atoms with Gasteiger partial charge in [-0.05, 0) is 31.2 Å². The Morgan fingerprint density at radius 1 is 1.31 bits per heavy atom. The molecule has 8 nitrogen and oxygen atoms in total. The van der Waals surface area contributed by atoms with Gasteiger partial charge < -0.3 is 15.5 Å². The van der Waals surface area contributed by atoms with Crippen LogP contribution in [0.2, 0.25) is 5.02 Å². The molecule has 0 atom stereocenters. The lowest BCUT2D eigenvalue weighted by atomic mass is 10.1. The minimum atomic E-state index is -0.541. The van der Waals surface area contributed by atoms with Crippen LogP contribution in [0.15, 0.2) is 35.3 Å². The lowest BCUT2D eigenvalue weighted by Crippen LogP contribution is -2.11. The second-order valence-electron chi connectivity index (χ2n) is 6.27. The SMILES string of the molecule is CCOc1ncc(N)cc1-c1nc2c(-c3ccc(F)c(Cl)c3)n(C)nc2c(=O)[nH]1. The van der Waals surface area contributed by atoms with E-state index >= 15 is 0 Å². The van der Waals surface area contributed by atoms with Gasteiger partial charge in [-0.25, -0.2) is 14.4 Å². The Hall–Kier alpha value is -3.46. The van der Waals surface area contributed by atoms with Crippen LogP contribution in [0.25, 0.3) is 33.7 Å². The number of nitrogen functional groups attached to an aromatic ring is 1. The second kappa shape index (κ2) is 7.17. The molecule has 10 heteroatoms. The summed E-state index contributed by atoms with van der Waals surface area (Å²) in [6, 6.07) is 5.88. The van der Waals surface area contributed by atoms with Crippen molar-refractivity contribution in [2.24, 2.45) is 7.05 Å². The minimum absolute atomic E-state index is 0.0411. The maximum Gasteiger partial charge on any atom is 0.279 e. The zero-order valence-corrected chi connectivity index (χ0v) is 16.3. The predicted molar refractivity (Wildman–Crippen MR) is 108 cm³/mol. The Balaban J connectivity index is 2.00. The third-order valence-electron chi connectivity index (χ3n) is 4.29. The number of benzene rings is 1. The largest absolute Gasteiger partial charge is 0.477 e. The van der Waals surface area contributed by atoms with Crippen molar-refractivity contribution in [1.82, 2.24) is 24.7 Å². The fourth-order valence-electron chi connectivity index (χ4n) is 3.06. The summed E-state index contributed by atoms with van der Waals surface area (Å²) < 4.78 is 20.6. The van der Waals surface area contributed by atoms with E-state index in [-0.39, 0.29) is 16.4 Å². The van der Waals surface area contributed by atoms with Gasteiger partial charge >= 0.3 is 0 Å². The number of H-pyrrole nitrogens is 1. The zero-order valence-electron chi connectivity index (χ0n) is 15.5. The van der Waals surface area contributed by atoms with E-state index in [0.717, 1.165) is 0 Å². The lowest BCUT2D eigenvalue weighted by molar-refractivity contribution is 0.328. The molecule has 3 aromatic heterocycles. The standard InChI is InChI=1S/C19H16ClFN6O2/c1-3-29-19-11(7-10(22)8-23-19)17-24-14-15(18(28)25-17)26-27(2)16(14)9-4-5-13(21)12(20)6-9/h4-8H,3,22H2,1-2H3,(H,24,25,28). The van der Waals surface area contributed by atoms with Gasteiger partial charge in [0.15, 0.2) is 5.52 Å². The van der Waals surface area contributed by atoms with Crippen LogP contribution in [-0.2, 0) is 7.05 Å². The smallest absolute Gasteiger partial charge is 0.279 e. The number of fused-ring (bicyclic) bond motifs is 1. The summed E-state index contributed by atoms with van der Waals surface area (Å²) in [5.74, 6) is -0.0201. The third kappa shape index (κ3) is 3.29. The molecule has 0 aliphatic carbocycles. The van der Waals surface area contributed by atoms with Crippen molar-refractivity contribution in [2.75, 3.05) is 12.3 Å². The summed E-state index contributed by atoms with van der Waals surface area (Å²) in [6.07, 6.45) is 1.46. The first kappa shape index (κ1) is 18.9. The topological polar surface area (TPSA) is 112 Å². The summed E-state index contributed by atoms with van der Waals surface area (Å²) in [5.41, 5.74) is 7.82. The molecule has 29 heavy (non-hydrogen) atoms. The highest BCUT2D eigenvalue weighted by Gasteiger charge is 2.20. The van der Waals surface area contributed by atoms with Gasteiger partial charge in [-0.1, -0.05) is 11.6 Å². The van der Waals surface area contributed by atoms with E-state index in [1.54, 1.807) is 19.2 Å². The van der Waals surface area contributed by atoms with Crippen molar-refractivity contribution in [3.63, 3.8) is 0 Å². The minimum Gasteiger partial charge on any atom is -0.477 e. The van der Waals surface area contributed by atoms with Crippen LogP contribution in [0.5, 0.6) is 5.88 Å². The maximum atomic E-state index is 13.6. The number of aryl methyl sites for hydroxylation is 1. The molecule has 0 fully saturated rings. The third-order valence-corrected chi connectivity index (χ3v) is 4.58. The monoisotopic (exact) mass is 414 g/mol. The molecule has 4 aromatic rings. The number of halogens is 2. The van der Waals surface area contributed by atoms with E-state index in [4.69, 9.17) is 22.1 Å². The normalized spacial score (nSPS) is 11.2. The van der Waals surface area contributed by atoms with Crippen molar-refractivity contribution in [1.29, 1.82) is 0 Å². The molecule has 4 rings (SSSR count). The molecule has 1 aromatic carbocycles. The average molecular weight is 415 g/mol. The van der Waals surface area contributed by atoms with Crippen LogP contribution >= 0.6 is 11.6 Å². The Morgan fingerprint density at radius 3 is 2.83 bits per heavy atom. The lowest BCUT2D eigenvalue weighted by Gasteiger charge is -2.09. The predicted octanol–water partition coefficient (Wildman–Crippen LogP) is 3.16. The van der Waals surface area contributed by atoms with Crippen LogP contribution in [0, 0.1) is 5.82 Å². The number of ether oxygens (including phenoxy) is 1. The highest BCUT2D eigenvalue weighted by atomic mass is 35.5. The average Bonchev–Trinajstić information content (AvgIpc) is 3.02. The van der Waals surface area contributed by atoms with Gasteiger partial charge in [0.2, 0.25) is 5.88 Å². The Labute approximate surface area is 169 Å². The van der Waals surface area contributed by atoms with E-state index in [1.807, 2.05) is 6.92 Å². The molecule has 0 bridgehead atoms. The summed E-state index contributed by atoms with van der Waals surface area (Å²) in [6.45, 7) is 2.20. The first-order chi connectivity index (χ1) is 13.9. The molecule has 0 radical (unpaired) electrons. The number of hydrogen-bond acceptors (Lipinski definition) is 6. The molecule has 0 unspecified atom stereocenters. The fraction of sp³-hybridized carbons (Fsp3) is 0.158. The summed E-state index contributed by atoms with van der Waals surface area (Å²) in [4.78, 5) is 24.2. The van der Waals surface area contributed by atoms with Crippen molar-refractivity contribution in [3.8, 4) is 28.5 Å². The highest BCUT2D eigenvalue weighted by molar-refractivity contribution is 6.31. The van der Waals surface area contributed by atoms with Crippen LogP contribution in [-0.4, -0.2) is 31.3 Å². The quantitative estimate of drug-likeness (QED) is 0.530. The van der Waals surface area contributed by atoms with E-state index < -0.39 is 11.4 Å². The summed E-state index contributed by atoms with van der Waals surface area (Å²) in [7, 11) is 1.67. The van der Waals surface area contributed by atoms with Crippen molar-refractivity contribution >= 4 is 28.3 Å². The Kier molecular flexibility index (Phi) is 4.67. The zero-order chi connectivity index (χ0) is 20.7. The molecule has 0 aliphatic rings. The Morgan fingerprint density at radius 2 is 2.10 bits per heavy atom. The number of aromatic amines is 1. The van der Waals surface area contributed by atoms with Gasteiger partial charge in [0.05, 0.1) is 34.8 Å². The molecule has 3 heterocycles. The van der Waals surface area contributed by atoms with E-state index in [0.29, 0.717) is 40.5 Å². The molecule has 0 aliphatic heterocycles. The maximum absolute atomic E-state index is 13.6. The number of nitrogens with one attached hydrogen (secondary N) is 1. The molecular weight excluding hydrogens is 399 g/mol.